The first-order valence-electron chi connectivity index (χ1n) is 11.8. The highest BCUT2D eigenvalue weighted by atomic mass is 16.5. The molecular formula is C29H32N2O6. The number of rotatable bonds is 10. The maximum atomic E-state index is 5.77. The van der Waals surface area contributed by atoms with Crippen LogP contribution in [0.4, 0.5) is 5.69 Å². The molecule has 0 N–H and O–H groups in total. The summed E-state index contributed by atoms with van der Waals surface area (Å²) >= 11 is 0. The third-order valence-electron chi connectivity index (χ3n) is 6.24. The van der Waals surface area contributed by atoms with Crippen molar-refractivity contribution in [2.24, 2.45) is 5.10 Å². The molecule has 194 valence electrons. The lowest BCUT2D eigenvalue weighted by Gasteiger charge is -2.27. The Hall–Kier alpha value is -4.33. The van der Waals surface area contributed by atoms with Gasteiger partial charge in [0.05, 0.1) is 71.2 Å². The van der Waals surface area contributed by atoms with Crippen molar-refractivity contribution in [1.82, 2.24) is 0 Å². The Morgan fingerprint density at radius 1 is 0.676 bits per heavy atom. The van der Waals surface area contributed by atoms with Gasteiger partial charge in [0.25, 0.3) is 0 Å². The first-order valence-corrected chi connectivity index (χ1v) is 11.8. The maximum absolute atomic E-state index is 5.77. The molecule has 8 nitrogen and oxygen atoms in total. The van der Waals surface area contributed by atoms with E-state index in [9.17, 15) is 0 Å². The first-order chi connectivity index (χ1) is 18.1. The summed E-state index contributed by atoms with van der Waals surface area (Å²) in [6, 6.07) is 17.2. The molecule has 37 heavy (non-hydrogen) atoms. The van der Waals surface area contributed by atoms with Crippen molar-refractivity contribution in [3.05, 3.63) is 71.8 Å². The predicted octanol–water partition coefficient (Wildman–Crippen LogP) is 5.76. The van der Waals surface area contributed by atoms with Crippen molar-refractivity contribution >= 4 is 17.5 Å². The highest BCUT2D eigenvalue weighted by Crippen LogP contribution is 2.46. The van der Waals surface area contributed by atoms with Crippen molar-refractivity contribution in [3.8, 4) is 34.5 Å². The molecular weight excluding hydrogens is 472 g/mol. The molecule has 3 aromatic carbocycles. The van der Waals surface area contributed by atoms with Gasteiger partial charge in [-0.1, -0.05) is 18.2 Å². The summed E-state index contributed by atoms with van der Waals surface area (Å²) in [4.78, 5) is 0. The van der Waals surface area contributed by atoms with Crippen LogP contribution < -0.4 is 33.4 Å². The average molecular weight is 505 g/mol. The van der Waals surface area contributed by atoms with E-state index in [1.807, 2.05) is 71.8 Å². The number of allylic oxidation sites excluding steroid dienone is 1. The van der Waals surface area contributed by atoms with Gasteiger partial charge in [-0.25, -0.2) is 0 Å². The Kier molecular flexibility index (Phi) is 8.08. The van der Waals surface area contributed by atoms with E-state index in [1.54, 1.807) is 42.7 Å². The van der Waals surface area contributed by atoms with E-state index in [0.29, 0.717) is 40.9 Å². The van der Waals surface area contributed by atoms with Gasteiger partial charge in [0.1, 0.15) is 34.5 Å². The lowest BCUT2D eigenvalue weighted by Crippen LogP contribution is -2.20. The molecule has 0 fully saturated rings. The van der Waals surface area contributed by atoms with Gasteiger partial charge >= 0.3 is 0 Å². The van der Waals surface area contributed by atoms with Gasteiger partial charge in [0.15, 0.2) is 0 Å². The molecule has 1 heterocycles. The summed E-state index contributed by atoms with van der Waals surface area (Å²) in [5.41, 5.74) is 3.51. The number of hydrogen-bond donors (Lipinski definition) is 0. The minimum atomic E-state index is -0.169. The highest BCUT2D eigenvalue weighted by molar-refractivity contribution is 6.01. The van der Waals surface area contributed by atoms with E-state index < -0.39 is 0 Å². The average Bonchev–Trinajstić information content (AvgIpc) is 3.38. The number of hydrazone groups is 1. The van der Waals surface area contributed by atoms with Gasteiger partial charge in [-0.2, -0.15) is 5.10 Å². The van der Waals surface area contributed by atoms with Crippen LogP contribution in [0.2, 0.25) is 0 Å². The number of benzene rings is 3. The third kappa shape index (κ3) is 5.28. The van der Waals surface area contributed by atoms with E-state index >= 15 is 0 Å². The van der Waals surface area contributed by atoms with E-state index in [1.165, 1.54) is 0 Å². The van der Waals surface area contributed by atoms with E-state index in [0.717, 1.165) is 22.5 Å². The second-order valence-corrected chi connectivity index (χ2v) is 8.22. The lowest BCUT2D eigenvalue weighted by molar-refractivity contribution is 0.364. The molecule has 0 saturated carbocycles. The van der Waals surface area contributed by atoms with Gasteiger partial charge in [0, 0.05) is 30.7 Å². The van der Waals surface area contributed by atoms with E-state index in [2.05, 4.69) is 0 Å². The molecule has 1 unspecified atom stereocenters. The molecule has 0 radical (unpaired) electrons. The molecule has 0 aromatic heterocycles. The van der Waals surface area contributed by atoms with Gasteiger partial charge in [0.2, 0.25) is 0 Å². The second kappa shape index (κ2) is 11.6. The zero-order chi connectivity index (χ0) is 26.4. The Morgan fingerprint density at radius 3 is 1.68 bits per heavy atom. The van der Waals surface area contributed by atoms with Crippen molar-refractivity contribution in [2.45, 2.75) is 12.5 Å². The largest absolute Gasteiger partial charge is 0.496 e. The fourth-order valence-corrected chi connectivity index (χ4v) is 4.42. The Balaban J connectivity index is 1.78. The number of ether oxygens (including phenoxy) is 6. The summed E-state index contributed by atoms with van der Waals surface area (Å²) in [5, 5.41) is 6.98. The minimum absolute atomic E-state index is 0.169. The zero-order valence-electron chi connectivity index (χ0n) is 22.0. The van der Waals surface area contributed by atoms with E-state index in [4.69, 9.17) is 33.5 Å². The Labute approximate surface area is 217 Å². The third-order valence-corrected chi connectivity index (χ3v) is 6.24. The number of hydrogen-bond acceptors (Lipinski definition) is 8. The maximum Gasteiger partial charge on any atom is 0.133 e. The summed E-state index contributed by atoms with van der Waals surface area (Å²) in [6.45, 7) is 0. The van der Waals surface area contributed by atoms with E-state index in [-0.39, 0.29) is 6.04 Å². The fourth-order valence-electron chi connectivity index (χ4n) is 4.42. The molecule has 1 atom stereocenters. The molecule has 0 bridgehead atoms. The molecule has 4 rings (SSSR count). The standard InChI is InChI=1S/C29H32N2O6/c1-32-21-15-25(34-3)23(26(16-21)35-4)13-12-19-14-24(31(30-19)20-10-8-7-9-11-20)29-27(36-5)17-22(33-2)18-28(29)37-6/h7-13,15-18,24H,14H2,1-6H3/b13-12+. The van der Waals surface area contributed by atoms with Crippen LogP contribution in [0.5, 0.6) is 34.5 Å². The molecule has 1 aliphatic heterocycles. The molecule has 0 aliphatic carbocycles. The molecule has 0 spiro atoms. The van der Waals surface area contributed by atoms with Crippen molar-refractivity contribution in [1.29, 1.82) is 0 Å². The number of anilines is 1. The van der Waals surface area contributed by atoms with Crippen LogP contribution in [0.1, 0.15) is 23.6 Å². The monoisotopic (exact) mass is 504 g/mol. The first kappa shape index (κ1) is 25.8. The van der Waals surface area contributed by atoms with Crippen LogP contribution in [0.25, 0.3) is 6.08 Å². The van der Waals surface area contributed by atoms with Crippen LogP contribution in [-0.2, 0) is 0 Å². The lowest BCUT2D eigenvalue weighted by atomic mass is 9.98. The fraction of sp³-hybridized carbons (Fsp3) is 0.276. The predicted molar refractivity (Wildman–Crippen MR) is 145 cm³/mol. The van der Waals surface area contributed by atoms with Crippen molar-refractivity contribution in [3.63, 3.8) is 0 Å². The molecule has 8 heteroatoms. The quantitative estimate of drug-likeness (QED) is 0.348. The summed E-state index contributed by atoms with van der Waals surface area (Å²) in [7, 11) is 9.75. The van der Waals surface area contributed by atoms with Gasteiger partial charge in [-0.15, -0.1) is 0 Å². The van der Waals surface area contributed by atoms with Crippen LogP contribution >= 0.6 is 0 Å². The molecule has 1 aliphatic rings. The Bertz CT molecular complexity index is 1240. The Morgan fingerprint density at radius 2 is 1.19 bits per heavy atom. The minimum Gasteiger partial charge on any atom is -0.496 e. The molecule has 0 amide bonds. The normalized spacial score (nSPS) is 14.9. The number of nitrogens with zero attached hydrogens (tertiary/aromatic N) is 2. The van der Waals surface area contributed by atoms with Crippen LogP contribution in [-0.4, -0.2) is 48.4 Å². The van der Waals surface area contributed by atoms with Gasteiger partial charge in [-0.05, 0) is 24.3 Å². The molecule has 0 saturated heterocycles. The van der Waals surface area contributed by atoms with Crippen molar-refractivity contribution in [2.75, 3.05) is 47.7 Å². The van der Waals surface area contributed by atoms with Crippen LogP contribution in [0.3, 0.4) is 0 Å². The summed E-state index contributed by atoms with van der Waals surface area (Å²) in [5.74, 6) is 3.92. The van der Waals surface area contributed by atoms with Crippen molar-refractivity contribution < 1.29 is 28.4 Å². The summed E-state index contributed by atoms with van der Waals surface area (Å²) < 4.78 is 33.6. The highest BCUT2D eigenvalue weighted by Gasteiger charge is 2.33. The number of para-hydroxylation sites is 1. The van der Waals surface area contributed by atoms with Crippen LogP contribution in [0.15, 0.2) is 65.8 Å². The van der Waals surface area contributed by atoms with Gasteiger partial charge < -0.3 is 28.4 Å². The topological polar surface area (TPSA) is 71.0 Å². The van der Waals surface area contributed by atoms with Gasteiger partial charge in [-0.3, -0.25) is 5.01 Å². The summed E-state index contributed by atoms with van der Waals surface area (Å²) in [6.07, 6.45) is 4.54. The zero-order valence-corrected chi connectivity index (χ0v) is 22.0. The SMILES string of the molecule is COc1cc(OC)c(/C=C/C2=NN(c3ccccc3)C(c3c(OC)cc(OC)cc3OC)C2)c(OC)c1. The second-order valence-electron chi connectivity index (χ2n) is 8.22. The number of methoxy groups -OCH3 is 6. The van der Waals surface area contributed by atoms with Crippen LogP contribution in [0, 0.1) is 0 Å². The smallest absolute Gasteiger partial charge is 0.133 e. The molecule has 3 aromatic rings.